The van der Waals surface area contributed by atoms with Crippen molar-refractivity contribution in [2.75, 3.05) is 26.4 Å². The number of carbonyl (C=O) groups excluding carboxylic acids is 2. The maximum atomic E-state index is 12.7. The van der Waals surface area contributed by atoms with Crippen LogP contribution in [0.1, 0.15) is 188 Å². The Balaban J connectivity index is 2.44. The minimum atomic E-state index is -4.69. The van der Waals surface area contributed by atoms with Crippen LogP contribution in [-0.4, -0.2) is 106 Å². The third-order valence-electron chi connectivity index (χ3n) is 11.4. The number of allylic oxidation sites excluding steroid dienone is 2. The molecule has 15 heteroatoms. The van der Waals surface area contributed by atoms with E-state index in [-0.39, 0.29) is 25.2 Å². The SMILES string of the molecule is CCCCC[C@H](O)/C=C/[C@H]1OC(O)C[C@H](O)[C@@H]1C/C=C\CCCC(=O)OC[C@H](COP(=O)(O)OC[C@@H](O)CO)OC(=O)CCCCCCCCCCCCCCCCC(C)CC. The summed E-state index contributed by atoms with van der Waals surface area (Å²) in [6.07, 6.45) is 26.1. The van der Waals surface area contributed by atoms with Gasteiger partial charge in [-0.2, -0.15) is 0 Å². The van der Waals surface area contributed by atoms with Crippen LogP contribution in [0.2, 0.25) is 0 Å². The van der Waals surface area contributed by atoms with E-state index >= 15 is 0 Å². The largest absolute Gasteiger partial charge is 0.472 e. The second kappa shape index (κ2) is 37.5. The maximum Gasteiger partial charge on any atom is 0.472 e. The zero-order valence-corrected chi connectivity index (χ0v) is 39.4. The molecule has 1 rings (SSSR count). The summed E-state index contributed by atoms with van der Waals surface area (Å²) in [5, 5.41) is 49.4. The van der Waals surface area contributed by atoms with Crippen LogP contribution in [0.5, 0.6) is 0 Å². The quantitative estimate of drug-likeness (QED) is 0.0146. The number of unbranched alkanes of at least 4 members (excludes halogenated alkanes) is 16. The Morgan fingerprint density at radius 3 is 1.95 bits per heavy atom. The molecule has 0 saturated carbocycles. The summed E-state index contributed by atoms with van der Waals surface area (Å²) >= 11 is 0. The van der Waals surface area contributed by atoms with Crippen molar-refractivity contribution in [3.63, 3.8) is 0 Å². The summed E-state index contributed by atoms with van der Waals surface area (Å²) in [4.78, 5) is 35.3. The van der Waals surface area contributed by atoms with E-state index in [0.29, 0.717) is 32.1 Å². The number of aliphatic hydroxyl groups excluding tert-OH is 5. The summed E-state index contributed by atoms with van der Waals surface area (Å²) in [6, 6.07) is 0. The fourth-order valence-electron chi connectivity index (χ4n) is 7.24. The van der Waals surface area contributed by atoms with Gasteiger partial charge in [-0.15, -0.1) is 0 Å². The molecule has 0 aromatic heterocycles. The van der Waals surface area contributed by atoms with Gasteiger partial charge >= 0.3 is 19.8 Å². The summed E-state index contributed by atoms with van der Waals surface area (Å²) in [6.45, 7) is 4.35. The van der Waals surface area contributed by atoms with Gasteiger partial charge in [0.05, 0.1) is 38.1 Å². The molecule has 1 fully saturated rings. The first-order valence-electron chi connectivity index (χ1n) is 24.1. The third-order valence-corrected chi connectivity index (χ3v) is 12.4. The molecule has 0 aromatic carbocycles. The number of carbonyl (C=O) groups is 2. The number of rotatable bonds is 40. The standard InChI is InChI=1S/C47H87O14P/c1-4-6-21-27-39(49)31-32-44-42(43(51)33-47(54)61-44)28-23-19-20-24-29-45(52)57-36-41(37-59-62(55,56)58-35-40(50)34-48)60-46(53)30-25-18-16-14-12-10-8-7-9-11-13-15-17-22-26-38(3)5-2/h19,23,31-32,38-44,47-51,54H,4-18,20-22,24-30,33-37H2,1-3H3,(H,55,56)/b23-19-,32-31+/t38?,39-,40-,41+,42-,43-,44+,47?/m0/s1. The van der Waals surface area contributed by atoms with Crippen LogP contribution in [0.4, 0.5) is 0 Å². The monoisotopic (exact) mass is 907 g/mol. The molecule has 1 heterocycles. The van der Waals surface area contributed by atoms with Crippen molar-refractivity contribution >= 4 is 19.8 Å². The minimum absolute atomic E-state index is 0.0495. The van der Waals surface area contributed by atoms with Gasteiger partial charge in [0.1, 0.15) is 12.7 Å². The number of hydrogen-bond donors (Lipinski definition) is 6. The Morgan fingerprint density at radius 1 is 0.758 bits per heavy atom. The summed E-state index contributed by atoms with van der Waals surface area (Å²) in [7, 11) is -4.69. The summed E-state index contributed by atoms with van der Waals surface area (Å²) < 4.78 is 38.4. The van der Waals surface area contributed by atoms with E-state index in [2.05, 4.69) is 25.3 Å². The molecule has 9 atom stereocenters. The Kier molecular flexibility index (Phi) is 35.3. The van der Waals surface area contributed by atoms with Gasteiger partial charge < -0.3 is 44.6 Å². The number of hydrogen-bond acceptors (Lipinski definition) is 13. The molecule has 1 aliphatic rings. The van der Waals surface area contributed by atoms with Gasteiger partial charge in [-0.25, -0.2) is 4.57 Å². The van der Waals surface area contributed by atoms with Crippen molar-refractivity contribution in [3.05, 3.63) is 24.3 Å². The topological polar surface area (TPSA) is 219 Å². The van der Waals surface area contributed by atoms with Crippen molar-refractivity contribution in [3.8, 4) is 0 Å². The number of ether oxygens (including phenoxy) is 3. The Bertz CT molecular complexity index is 1220. The molecule has 0 amide bonds. The zero-order valence-electron chi connectivity index (χ0n) is 38.5. The lowest BCUT2D eigenvalue weighted by Gasteiger charge is -2.36. The summed E-state index contributed by atoms with van der Waals surface area (Å²) in [5.41, 5.74) is 0. The highest BCUT2D eigenvalue weighted by molar-refractivity contribution is 7.47. The average molecular weight is 907 g/mol. The highest BCUT2D eigenvalue weighted by atomic mass is 31.2. The molecule has 14 nitrogen and oxygen atoms in total. The van der Waals surface area contributed by atoms with Crippen LogP contribution in [0.25, 0.3) is 0 Å². The predicted octanol–water partition coefficient (Wildman–Crippen LogP) is 8.91. The fourth-order valence-corrected chi connectivity index (χ4v) is 8.03. The first-order valence-corrected chi connectivity index (χ1v) is 25.6. The van der Waals surface area contributed by atoms with Crippen LogP contribution < -0.4 is 0 Å². The van der Waals surface area contributed by atoms with Gasteiger partial charge in [-0.3, -0.25) is 18.6 Å². The first-order chi connectivity index (χ1) is 29.8. The van der Waals surface area contributed by atoms with Crippen LogP contribution >= 0.6 is 7.82 Å². The molecule has 364 valence electrons. The molecule has 0 aliphatic carbocycles. The smallest absolute Gasteiger partial charge is 0.462 e. The van der Waals surface area contributed by atoms with Crippen LogP contribution in [-0.2, 0) is 37.4 Å². The van der Waals surface area contributed by atoms with E-state index in [4.69, 9.17) is 23.8 Å². The van der Waals surface area contributed by atoms with Crippen LogP contribution in [0, 0.1) is 11.8 Å². The Morgan fingerprint density at radius 2 is 1.34 bits per heavy atom. The van der Waals surface area contributed by atoms with E-state index < -0.39 is 83.0 Å². The fraction of sp³-hybridized carbons (Fsp3) is 0.872. The number of phosphoric acid groups is 1. The number of aliphatic hydroxyl groups is 5. The van der Waals surface area contributed by atoms with Crippen molar-refractivity contribution in [1.29, 1.82) is 0 Å². The predicted molar refractivity (Wildman–Crippen MR) is 241 cm³/mol. The number of phosphoric ester groups is 1. The number of esters is 2. The molecule has 62 heavy (non-hydrogen) atoms. The van der Waals surface area contributed by atoms with E-state index in [1.165, 1.54) is 77.0 Å². The molecular weight excluding hydrogens is 819 g/mol. The molecule has 0 bridgehead atoms. The van der Waals surface area contributed by atoms with Crippen molar-refractivity contribution in [2.24, 2.45) is 11.8 Å². The molecule has 0 spiro atoms. The van der Waals surface area contributed by atoms with Gasteiger partial charge in [0.2, 0.25) is 0 Å². The lowest BCUT2D eigenvalue weighted by molar-refractivity contribution is -0.199. The average Bonchev–Trinajstić information content (AvgIpc) is 3.24. The highest BCUT2D eigenvalue weighted by Crippen LogP contribution is 2.43. The molecular formula is C47H87O14P. The van der Waals surface area contributed by atoms with Gasteiger partial charge in [0, 0.05) is 25.2 Å². The van der Waals surface area contributed by atoms with Gasteiger partial charge in [-0.1, -0.05) is 161 Å². The first kappa shape index (κ1) is 58.3. The van der Waals surface area contributed by atoms with Crippen LogP contribution in [0.3, 0.4) is 0 Å². The minimum Gasteiger partial charge on any atom is -0.462 e. The van der Waals surface area contributed by atoms with E-state index in [9.17, 15) is 39.5 Å². The molecule has 3 unspecified atom stereocenters. The van der Waals surface area contributed by atoms with Crippen molar-refractivity contribution in [2.45, 2.75) is 225 Å². The summed E-state index contributed by atoms with van der Waals surface area (Å²) in [5.74, 6) is -0.582. The van der Waals surface area contributed by atoms with Crippen LogP contribution in [0.15, 0.2) is 24.3 Å². The van der Waals surface area contributed by atoms with E-state index in [1.54, 1.807) is 12.2 Å². The molecule has 0 radical (unpaired) electrons. The maximum absolute atomic E-state index is 12.7. The van der Waals surface area contributed by atoms with Gasteiger partial charge in [0.25, 0.3) is 0 Å². The van der Waals surface area contributed by atoms with E-state index in [1.807, 2.05) is 12.2 Å². The Hall–Kier alpha value is -1.71. The Labute approximate surface area is 373 Å². The zero-order chi connectivity index (χ0) is 45.9. The normalized spacial score (nSPS) is 21.2. The van der Waals surface area contributed by atoms with Gasteiger partial charge in [-0.05, 0) is 38.0 Å². The highest BCUT2D eigenvalue weighted by Gasteiger charge is 2.35. The lowest BCUT2D eigenvalue weighted by Crippen LogP contribution is -2.43. The second-order valence-electron chi connectivity index (χ2n) is 17.3. The van der Waals surface area contributed by atoms with Crippen molar-refractivity contribution in [1.82, 2.24) is 0 Å². The van der Waals surface area contributed by atoms with Crippen molar-refractivity contribution < 1.29 is 67.8 Å². The molecule has 0 aromatic rings. The van der Waals surface area contributed by atoms with Gasteiger partial charge in [0.15, 0.2) is 12.4 Å². The lowest BCUT2D eigenvalue weighted by atomic mass is 9.87. The second-order valence-corrected chi connectivity index (χ2v) is 18.7. The molecule has 1 aliphatic heterocycles. The molecule has 1 saturated heterocycles. The third kappa shape index (κ3) is 32.0. The molecule has 6 N–H and O–H groups in total. The van der Waals surface area contributed by atoms with E-state index in [0.717, 1.165) is 44.4 Å².